The molecule has 0 unspecified atom stereocenters. The Hall–Kier alpha value is -1.78. The average molecular weight is 331 g/mol. The van der Waals surface area contributed by atoms with Crippen LogP contribution >= 0.6 is 22.9 Å². The zero-order valence-corrected chi connectivity index (χ0v) is 13.7. The maximum atomic E-state index is 6.06. The third-order valence-corrected chi connectivity index (χ3v) is 5.35. The Morgan fingerprint density at radius 1 is 1.18 bits per heavy atom. The van der Waals surface area contributed by atoms with Gasteiger partial charge in [0.1, 0.15) is 5.75 Å². The molecule has 3 nitrogen and oxygen atoms in total. The lowest BCUT2D eigenvalue weighted by Crippen LogP contribution is -2.30. The molecule has 1 aliphatic heterocycles. The van der Waals surface area contributed by atoms with Crippen LogP contribution in [0.15, 0.2) is 36.4 Å². The molecule has 1 aliphatic rings. The molecule has 0 amide bonds. The normalized spacial score (nSPS) is 14.2. The number of ether oxygens (including phenoxy) is 1. The smallest absolute Gasteiger partial charge is 0.186 e. The molecule has 3 aromatic rings. The molecule has 2 aromatic carbocycles. The lowest BCUT2D eigenvalue weighted by Gasteiger charge is -2.28. The summed E-state index contributed by atoms with van der Waals surface area (Å²) >= 11 is 7.77. The molecule has 0 N–H and O–H groups in total. The SMILES string of the molecule is COc1ccc2c(c1)CCN(c1nc3ccc(Cl)cc3s1)C2. The van der Waals surface area contributed by atoms with Gasteiger partial charge in [0.05, 0.1) is 17.3 Å². The summed E-state index contributed by atoms with van der Waals surface area (Å²) in [6, 6.07) is 12.2. The van der Waals surface area contributed by atoms with Crippen LogP contribution in [-0.4, -0.2) is 18.6 Å². The summed E-state index contributed by atoms with van der Waals surface area (Å²) in [4.78, 5) is 7.09. The predicted molar refractivity (Wildman–Crippen MR) is 92.4 cm³/mol. The summed E-state index contributed by atoms with van der Waals surface area (Å²) in [5.74, 6) is 0.932. The molecule has 112 valence electrons. The fourth-order valence-corrected chi connectivity index (χ4v) is 4.11. The fraction of sp³-hybridized carbons (Fsp3) is 0.235. The van der Waals surface area contributed by atoms with E-state index in [9.17, 15) is 0 Å². The third kappa shape index (κ3) is 2.42. The van der Waals surface area contributed by atoms with Crippen molar-refractivity contribution < 1.29 is 4.74 Å². The van der Waals surface area contributed by atoms with Crippen molar-refractivity contribution in [3.8, 4) is 5.75 Å². The van der Waals surface area contributed by atoms with E-state index in [1.54, 1.807) is 18.4 Å². The number of nitrogens with zero attached hydrogens (tertiary/aromatic N) is 2. The van der Waals surface area contributed by atoms with Gasteiger partial charge in [0, 0.05) is 18.1 Å². The van der Waals surface area contributed by atoms with Crippen molar-refractivity contribution in [2.75, 3.05) is 18.6 Å². The van der Waals surface area contributed by atoms with Crippen LogP contribution in [0.2, 0.25) is 5.02 Å². The van der Waals surface area contributed by atoms with Gasteiger partial charge in [0.15, 0.2) is 5.13 Å². The molecular weight excluding hydrogens is 316 g/mol. The van der Waals surface area contributed by atoms with Crippen molar-refractivity contribution in [2.24, 2.45) is 0 Å². The number of fused-ring (bicyclic) bond motifs is 2. The number of anilines is 1. The molecule has 1 aromatic heterocycles. The van der Waals surface area contributed by atoms with E-state index in [4.69, 9.17) is 21.3 Å². The maximum Gasteiger partial charge on any atom is 0.186 e. The van der Waals surface area contributed by atoms with Crippen molar-refractivity contribution in [2.45, 2.75) is 13.0 Å². The van der Waals surface area contributed by atoms with Gasteiger partial charge in [-0.2, -0.15) is 0 Å². The van der Waals surface area contributed by atoms with Crippen LogP contribution in [0.25, 0.3) is 10.2 Å². The summed E-state index contributed by atoms with van der Waals surface area (Å²) in [6.07, 6.45) is 1.02. The van der Waals surface area contributed by atoms with Gasteiger partial charge in [-0.3, -0.25) is 0 Å². The lowest BCUT2D eigenvalue weighted by molar-refractivity contribution is 0.414. The van der Waals surface area contributed by atoms with Crippen molar-refractivity contribution >= 4 is 38.3 Å². The number of methoxy groups -OCH3 is 1. The molecule has 5 heteroatoms. The summed E-state index contributed by atoms with van der Waals surface area (Å²) < 4.78 is 6.45. The molecule has 0 radical (unpaired) electrons. The van der Waals surface area contributed by atoms with E-state index < -0.39 is 0 Å². The number of benzene rings is 2. The van der Waals surface area contributed by atoms with E-state index in [0.29, 0.717) is 0 Å². The van der Waals surface area contributed by atoms with E-state index in [0.717, 1.165) is 45.6 Å². The third-order valence-electron chi connectivity index (χ3n) is 4.04. The van der Waals surface area contributed by atoms with Crippen LogP contribution in [0.5, 0.6) is 5.75 Å². The second kappa shape index (κ2) is 5.45. The minimum Gasteiger partial charge on any atom is -0.497 e. The number of hydrogen-bond donors (Lipinski definition) is 0. The summed E-state index contributed by atoms with van der Waals surface area (Å²) in [5.41, 5.74) is 3.74. The first-order valence-electron chi connectivity index (χ1n) is 7.20. The first-order valence-corrected chi connectivity index (χ1v) is 8.39. The van der Waals surface area contributed by atoms with Crippen LogP contribution in [0, 0.1) is 0 Å². The molecule has 0 saturated heterocycles. The van der Waals surface area contributed by atoms with Crippen LogP contribution in [0.1, 0.15) is 11.1 Å². The van der Waals surface area contributed by atoms with Crippen LogP contribution in [0.3, 0.4) is 0 Å². The Labute approximate surface area is 138 Å². The van der Waals surface area contributed by atoms with Gasteiger partial charge in [0.25, 0.3) is 0 Å². The Morgan fingerprint density at radius 3 is 2.95 bits per heavy atom. The lowest BCUT2D eigenvalue weighted by atomic mass is 10.00. The van der Waals surface area contributed by atoms with Crippen LogP contribution in [0.4, 0.5) is 5.13 Å². The van der Waals surface area contributed by atoms with Crippen molar-refractivity contribution in [1.29, 1.82) is 0 Å². The first-order chi connectivity index (χ1) is 10.7. The minimum atomic E-state index is 0.763. The fourth-order valence-electron chi connectivity index (χ4n) is 2.84. The monoisotopic (exact) mass is 330 g/mol. The molecular formula is C17H15ClN2OS. The molecule has 0 saturated carbocycles. The highest BCUT2D eigenvalue weighted by Crippen LogP contribution is 2.33. The second-order valence-electron chi connectivity index (χ2n) is 5.41. The van der Waals surface area contributed by atoms with E-state index >= 15 is 0 Å². The first kappa shape index (κ1) is 13.9. The van der Waals surface area contributed by atoms with Gasteiger partial charge in [-0.05, 0) is 47.9 Å². The second-order valence-corrected chi connectivity index (χ2v) is 6.86. The summed E-state index contributed by atoms with van der Waals surface area (Å²) in [5, 5.41) is 1.83. The average Bonchev–Trinajstić information content (AvgIpc) is 2.96. The Balaban J connectivity index is 1.65. The number of hydrogen-bond acceptors (Lipinski definition) is 4. The topological polar surface area (TPSA) is 25.4 Å². The van der Waals surface area contributed by atoms with E-state index in [-0.39, 0.29) is 0 Å². The molecule has 4 rings (SSSR count). The van der Waals surface area contributed by atoms with Gasteiger partial charge in [-0.1, -0.05) is 29.0 Å². The van der Waals surface area contributed by atoms with Crippen molar-refractivity contribution in [1.82, 2.24) is 4.98 Å². The highest BCUT2D eigenvalue weighted by Gasteiger charge is 2.19. The van der Waals surface area contributed by atoms with E-state index in [1.807, 2.05) is 24.3 Å². The highest BCUT2D eigenvalue weighted by atomic mass is 35.5. The van der Waals surface area contributed by atoms with Gasteiger partial charge < -0.3 is 9.64 Å². The van der Waals surface area contributed by atoms with Crippen molar-refractivity contribution in [3.63, 3.8) is 0 Å². The van der Waals surface area contributed by atoms with Gasteiger partial charge in [0.2, 0.25) is 0 Å². The Kier molecular flexibility index (Phi) is 3.43. The van der Waals surface area contributed by atoms with E-state index in [2.05, 4.69) is 17.0 Å². The number of aromatic nitrogens is 1. The quantitative estimate of drug-likeness (QED) is 0.690. The highest BCUT2D eigenvalue weighted by molar-refractivity contribution is 7.22. The van der Waals surface area contributed by atoms with Crippen LogP contribution < -0.4 is 9.64 Å². The Morgan fingerprint density at radius 2 is 2.09 bits per heavy atom. The Bertz CT molecular complexity index is 846. The van der Waals surface area contributed by atoms with Crippen LogP contribution in [-0.2, 0) is 13.0 Å². The number of halogens is 1. The van der Waals surface area contributed by atoms with E-state index in [1.165, 1.54) is 11.1 Å². The standard InChI is InChI=1S/C17H15ClN2OS/c1-21-14-4-2-12-10-20(7-6-11(12)8-14)17-19-15-5-3-13(18)9-16(15)22-17/h2-5,8-9H,6-7,10H2,1H3. The molecule has 2 heterocycles. The molecule has 0 fully saturated rings. The van der Waals surface area contributed by atoms with Gasteiger partial charge in [-0.15, -0.1) is 0 Å². The maximum absolute atomic E-state index is 6.06. The molecule has 22 heavy (non-hydrogen) atoms. The number of thiazole rings is 1. The molecule has 0 aliphatic carbocycles. The zero-order chi connectivity index (χ0) is 15.1. The molecule has 0 atom stereocenters. The predicted octanol–water partition coefficient (Wildman–Crippen LogP) is 4.52. The summed E-state index contributed by atoms with van der Waals surface area (Å²) in [6.45, 7) is 1.88. The van der Waals surface area contributed by atoms with Gasteiger partial charge in [-0.25, -0.2) is 4.98 Å². The zero-order valence-electron chi connectivity index (χ0n) is 12.2. The largest absolute Gasteiger partial charge is 0.497 e. The minimum absolute atomic E-state index is 0.763. The molecule has 0 spiro atoms. The van der Waals surface area contributed by atoms with Crippen molar-refractivity contribution in [3.05, 3.63) is 52.5 Å². The van der Waals surface area contributed by atoms with Gasteiger partial charge >= 0.3 is 0 Å². The summed E-state index contributed by atoms with van der Waals surface area (Å²) in [7, 11) is 1.71. The molecule has 0 bridgehead atoms. The number of rotatable bonds is 2.